The number of nitrogens with zero attached hydrogens (tertiary/aromatic N) is 2. The van der Waals surface area contributed by atoms with Gasteiger partial charge in [-0.15, -0.1) is 0 Å². The molecule has 3 rings (SSSR count). The molecule has 25 heavy (non-hydrogen) atoms. The van der Waals surface area contributed by atoms with E-state index in [2.05, 4.69) is 48.2 Å². The van der Waals surface area contributed by atoms with Gasteiger partial charge in [-0.25, -0.2) is 0 Å². The van der Waals surface area contributed by atoms with Gasteiger partial charge >= 0.3 is 0 Å². The van der Waals surface area contributed by atoms with Gasteiger partial charge in [0.1, 0.15) is 0 Å². The zero-order chi connectivity index (χ0) is 17.6. The summed E-state index contributed by atoms with van der Waals surface area (Å²) in [6.07, 6.45) is 3.34. The first-order valence-electron chi connectivity index (χ1n) is 9.33. The smallest absolute Gasteiger partial charge is 0.230 e. The molecule has 3 nitrogen and oxygen atoms in total. The highest BCUT2D eigenvalue weighted by molar-refractivity contribution is 5.83. The van der Waals surface area contributed by atoms with Crippen LogP contribution in [0.5, 0.6) is 0 Å². The van der Waals surface area contributed by atoms with Crippen molar-refractivity contribution in [1.82, 2.24) is 4.90 Å². The van der Waals surface area contributed by atoms with Gasteiger partial charge < -0.3 is 9.80 Å². The number of carbonyl (C=O) groups excluding carboxylic acids is 1. The van der Waals surface area contributed by atoms with E-state index in [1.807, 2.05) is 30.1 Å². The lowest BCUT2D eigenvalue weighted by molar-refractivity contribution is -0.132. The maximum absolute atomic E-state index is 13.0. The SMILES string of the molecule is CCC(C(=O)N(C)Cc1ccccc1N1CCCC1)c1ccccc1. The molecule has 132 valence electrons. The fourth-order valence-corrected chi connectivity index (χ4v) is 3.75. The number of likely N-dealkylation sites (N-methyl/N-ethyl adjacent to an activating group) is 1. The molecule has 0 N–H and O–H groups in total. The van der Waals surface area contributed by atoms with Crippen LogP contribution in [0.4, 0.5) is 5.69 Å². The van der Waals surface area contributed by atoms with Gasteiger partial charge in [-0.3, -0.25) is 4.79 Å². The van der Waals surface area contributed by atoms with Crippen LogP contribution in [0.25, 0.3) is 0 Å². The van der Waals surface area contributed by atoms with E-state index in [1.165, 1.54) is 24.1 Å². The second-order valence-corrected chi connectivity index (χ2v) is 6.89. The molecule has 1 amide bonds. The minimum atomic E-state index is -0.0647. The van der Waals surface area contributed by atoms with Crippen molar-refractivity contribution in [3.05, 3.63) is 65.7 Å². The van der Waals surface area contributed by atoms with Crippen LogP contribution in [0.2, 0.25) is 0 Å². The Bertz CT molecular complexity index is 692. The van der Waals surface area contributed by atoms with Gasteiger partial charge in [-0.2, -0.15) is 0 Å². The number of benzene rings is 2. The fraction of sp³-hybridized carbons (Fsp3) is 0.409. The monoisotopic (exact) mass is 336 g/mol. The normalized spacial score (nSPS) is 15.2. The lowest BCUT2D eigenvalue weighted by atomic mass is 9.95. The van der Waals surface area contributed by atoms with Gasteiger partial charge in [0, 0.05) is 32.4 Å². The Morgan fingerprint density at radius 3 is 2.36 bits per heavy atom. The molecular formula is C22H28N2O. The fourth-order valence-electron chi connectivity index (χ4n) is 3.75. The average molecular weight is 336 g/mol. The molecule has 1 atom stereocenters. The minimum Gasteiger partial charge on any atom is -0.371 e. The first kappa shape index (κ1) is 17.5. The van der Waals surface area contributed by atoms with E-state index in [0.29, 0.717) is 6.54 Å². The number of rotatable bonds is 6. The number of amides is 1. The van der Waals surface area contributed by atoms with Crippen LogP contribution >= 0.6 is 0 Å². The molecule has 1 saturated heterocycles. The molecule has 0 bridgehead atoms. The van der Waals surface area contributed by atoms with E-state index in [-0.39, 0.29) is 11.8 Å². The highest BCUT2D eigenvalue weighted by Gasteiger charge is 2.23. The summed E-state index contributed by atoms with van der Waals surface area (Å²) < 4.78 is 0. The average Bonchev–Trinajstić information content (AvgIpc) is 3.18. The third kappa shape index (κ3) is 4.04. The molecule has 0 aliphatic carbocycles. The van der Waals surface area contributed by atoms with E-state index in [1.54, 1.807) is 0 Å². The van der Waals surface area contributed by atoms with Crippen LogP contribution in [-0.2, 0) is 11.3 Å². The molecule has 1 aliphatic rings. The van der Waals surface area contributed by atoms with Gasteiger partial charge in [0.25, 0.3) is 0 Å². The molecule has 2 aromatic rings. The Labute approximate surface area is 151 Å². The second-order valence-electron chi connectivity index (χ2n) is 6.89. The van der Waals surface area contributed by atoms with Crippen LogP contribution < -0.4 is 4.90 Å². The lowest BCUT2D eigenvalue weighted by Gasteiger charge is -2.27. The number of carbonyl (C=O) groups is 1. The second kappa shape index (κ2) is 8.19. The van der Waals surface area contributed by atoms with Crippen molar-refractivity contribution in [2.45, 2.75) is 38.6 Å². The van der Waals surface area contributed by atoms with Gasteiger partial charge in [-0.05, 0) is 36.5 Å². The Morgan fingerprint density at radius 2 is 1.68 bits per heavy atom. The maximum Gasteiger partial charge on any atom is 0.230 e. The van der Waals surface area contributed by atoms with Crippen LogP contribution in [-0.4, -0.2) is 30.9 Å². The largest absolute Gasteiger partial charge is 0.371 e. The van der Waals surface area contributed by atoms with Crippen molar-refractivity contribution in [3.63, 3.8) is 0 Å². The van der Waals surface area contributed by atoms with Crippen LogP contribution in [0.15, 0.2) is 54.6 Å². The summed E-state index contributed by atoms with van der Waals surface area (Å²) in [6, 6.07) is 18.6. The van der Waals surface area contributed by atoms with E-state index in [0.717, 1.165) is 25.1 Å². The molecular weight excluding hydrogens is 308 g/mol. The molecule has 0 aromatic heterocycles. The number of anilines is 1. The third-order valence-electron chi connectivity index (χ3n) is 5.13. The molecule has 1 heterocycles. The summed E-state index contributed by atoms with van der Waals surface area (Å²) in [7, 11) is 1.93. The summed E-state index contributed by atoms with van der Waals surface area (Å²) in [5.74, 6) is 0.134. The topological polar surface area (TPSA) is 23.6 Å². The summed E-state index contributed by atoms with van der Waals surface area (Å²) in [4.78, 5) is 17.4. The van der Waals surface area contributed by atoms with Crippen LogP contribution in [0.3, 0.4) is 0 Å². The zero-order valence-electron chi connectivity index (χ0n) is 15.3. The highest BCUT2D eigenvalue weighted by atomic mass is 16.2. The summed E-state index contributed by atoms with van der Waals surface area (Å²) in [6.45, 7) is 4.99. The third-order valence-corrected chi connectivity index (χ3v) is 5.13. The van der Waals surface area contributed by atoms with Gasteiger partial charge in [-0.1, -0.05) is 55.5 Å². The van der Waals surface area contributed by atoms with E-state index >= 15 is 0 Å². The lowest BCUT2D eigenvalue weighted by Crippen LogP contribution is -2.32. The molecule has 3 heteroatoms. The van der Waals surface area contributed by atoms with Crippen LogP contribution in [0, 0.1) is 0 Å². The molecule has 0 spiro atoms. The molecule has 1 fully saturated rings. The minimum absolute atomic E-state index is 0.0647. The summed E-state index contributed by atoms with van der Waals surface area (Å²) >= 11 is 0. The van der Waals surface area contributed by atoms with Crippen molar-refractivity contribution in [2.75, 3.05) is 25.0 Å². The first-order chi connectivity index (χ1) is 12.2. The van der Waals surface area contributed by atoms with Crippen molar-refractivity contribution in [3.8, 4) is 0 Å². The predicted octanol–water partition coefficient (Wildman–Crippen LogP) is 4.44. The van der Waals surface area contributed by atoms with E-state index < -0.39 is 0 Å². The van der Waals surface area contributed by atoms with Gasteiger partial charge in [0.05, 0.1) is 5.92 Å². The van der Waals surface area contributed by atoms with E-state index in [4.69, 9.17) is 0 Å². The predicted molar refractivity (Wildman–Crippen MR) is 104 cm³/mol. The summed E-state index contributed by atoms with van der Waals surface area (Å²) in [5.41, 5.74) is 3.63. The molecule has 0 saturated carbocycles. The maximum atomic E-state index is 13.0. The Kier molecular flexibility index (Phi) is 5.75. The first-order valence-corrected chi connectivity index (χ1v) is 9.33. The van der Waals surface area contributed by atoms with Crippen molar-refractivity contribution >= 4 is 11.6 Å². The Morgan fingerprint density at radius 1 is 1.04 bits per heavy atom. The number of hydrogen-bond acceptors (Lipinski definition) is 2. The highest BCUT2D eigenvalue weighted by Crippen LogP contribution is 2.27. The molecule has 1 unspecified atom stereocenters. The molecule has 1 aliphatic heterocycles. The van der Waals surface area contributed by atoms with Crippen molar-refractivity contribution < 1.29 is 4.79 Å². The van der Waals surface area contributed by atoms with Crippen molar-refractivity contribution in [1.29, 1.82) is 0 Å². The van der Waals surface area contributed by atoms with Crippen LogP contribution in [0.1, 0.15) is 43.2 Å². The van der Waals surface area contributed by atoms with Crippen molar-refractivity contribution in [2.24, 2.45) is 0 Å². The Balaban J connectivity index is 1.75. The standard InChI is InChI=1S/C22H28N2O/c1-3-20(18-11-5-4-6-12-18)22(25)23(2)17-19-13-7-8-14-21(19)24-15-9-10-16-24/h4-8,11-14,20H,3,9-10,15-17H2,1-2H3. The van der Waals surface area contributed by atoms with Gasteiger partial charge in [0.2, 0.25) is 5.91 Å². The quantitative estimate of drug-likeness (QED) is 0.778. The number of para-hydroxylation sites is 1. The van der Waals surface area contributed by atoms with Gasteiger partial charge in [0.15, 0.2) is 0 Å². The molecule has 2 aromatic carbocycles. The summed E-state index contributed by atoms with van der Waals surface area (Å²) in [5, 5.41) is 0. The molecule has 0 radical (unpaired) electrons. The zero-order valence-corrected chi connectivity index (χ0v) is 15.3. The van der Waals surface area contributed by atoms with E-state index in [9.17, 15) is 4.79 Å². The Hall–Kier alpha value is -2.29. The number of hydrogen-bond donors (Lipinski definition) is 0.